The van der Waals surface area contributed by atoms with Crippen LogP contribution >= 0.6 is 0 Å². The van der Waals surface area contributed by atoms with Gasteiger partial charge in [0.05, 0.1) is 19.3 Å². The highest BCUT2D eigenvalue weighted by Gasteiger charge is 2.23. The Labute approximate surface area is 101 Å². The quantitative estimate of drug-likeness (QED) is 0.733. The highest BCUT2D eigenvalue weighted by atomic mass is 16.5. The molecule has 0 aliphatic carbocycles. The van der Waals surface area contributed by atoms with Crippen LogP contribution in [-0.4, -0.2) is 41.6 Å². The third-order valence-corrected chi connectivity index (χ3v) is 2.97. The van der Waals surface area contributed by atoms with Crippen LogP contribution in [0.1, 0.15) is 31.0 Å². The fraction of sp³-hybridized carbons (Fsp3) is 0.818. The van der Waals surface area contributed by atoms with Crippen molar-refractivity contribution in [2.24, 2.45) is 0 Å². The zero-order valence-electron chi connectivity index (χ0n) is 10.5. The summed E-state index contributed by atoms with van der Waals surface area (Å²) in [5, 5.41) is 11.9. The van der Waals surface area contributed by atoms with Gasteiger partial charge < -0.3 is 19.4 Å². The van der Waals surface area contributed by atoms with E-state index in [0.717, 1.165) is 31.2 Å². The molecule has 17 heavy (non-hydrogen) atoms. The summed E-state index contributed by atoms with van der Waals surface area (Å²) in [6.45, 7) is 5.74. The minimum Gasteiger partial charge on any atom is -0.382 e. The van der Waals surface area contributed by atoms with Crippen LogP contribution in [0.3, 0.4) is 0 Å². The summed E-state index contributed by atoms with van der Waals surface area (Å²) < 4.78 is 12.6. The molecular weight excluding hydrogens is 220 g/mol. The number of nitrogens with zero attached hydrogens (tertiary/aromatic N) is 3. The molecule has 1 aliphatic rings. The van der Waals surface area contributed by atoms with Crippen molar-refractivity contribution in [3.63, 3.8) is 0 Å². The van der Waals surface area contributed by atoms with Crippen LogP contribution in [0.4, 0.5) is 0 Å². The Bertz CT molecular complexity index is 353. The smallest absolute Gasteiger partial charge is 0.159 e. The highest BCUT2D eigenvalue weighted by molar-refractivity contribution is 5.03. The summed E-state index contributed by atoms with van der Waals surface area (Å²) in [7, 11) is 1.67. The van der Waals surface area contributed by atoms with E-state index in [1.165, 1.54) is 0 Å². The maximum atomic E-state index is 5.48. The van der Waals surface area contributed by atoms with Gasteiger partial charge in [-0.05, 0) is 6.42 Å². The summed E-state index contributed by atoms with van der Waals surface area (Å²) in [6.07, 6.45) is 1.03. The molecule has 0 fully saturated rings. The maximum Gasteiger partial charge on any atom is 0.159 e. The molecule has 1 aromatic rings. The first-order chi connectivity index (χ1) is 8.36. The molecule has 0 spiro atoms. The van der Waals surface area contributed by atoms with Crippen molar-refractivity contribution in [1.29, 1.82) is 0 Å². The molecule has 0 bridgehead atoms. The summed E-state index contributed by atoms with van der Waals surface area (Å²) in [5.74, 6) is 1.94. The third-order valence-electron chi connectivity index (χ3n) is 2.97. The lowest BCUT2D eigenvalue weighted by molar-refractivity contribution is 0.0569. The normalized spacial score (nSPS) is 19.3. The van der Waals surface area contributed by atoms with Gasteiger partial charge in [-0.25, -0.2) is 0 Å². The molecular formula is C11H20N4O2. The average Bonchev–Trinajstić information content (AvgIpc) is 2.78. The molecule has 1 atom stereocenters. The first-order valence-electron chi connectivity index (χ1n) is 6.08. The fourth-order valence-corrected chi connectivity index (χ4v) is 2.03. The molecule has 0 aromatic carbocycles. The van der Waals surface area contributed by atoms with E-state index in [2.05, 4.69) is 27.0 Å². The Balaban J connectivity index is 1.97. The predicted molar refractivity (Wildman–Crippen MR) is 62.6 cm³/mol. The lowest BCUT2D eigenvalue weighted by Crippen LogP contribution is -2.34. The second-order valence-corrected chi connectivity index (χ2v) is 4.09. The molecule has 2 rings (SSSR count). The number of nitrogens with one attached hydrogen (secondary N) is 1. The minimum atomic E-state index is 0.323. The van der Waals surface area contributed by atoms with Gasteiger partial charge in [0.1, 0.15) is 12.4 Å². The first kappa shape index (κ1) is 12.5. The Hall–Kier alpha value is -0.980. The molecule has 1 aliphatic heterocycles. The molecule has 6 heteroatoms. The van der Waals surface area contributed by atoms with E-state index >= 15 is 0 Å². The predicted octanol–water partition coefficient (Wildman–Crippen LogP) is 0.495. The average molecular weight is 240 g/mol. The van der Waals surface area contributed by atoms with Crippen molar-refractivity contribution in [2.75, 3.05) is 26.9 Å². The monoisotopic (exact) mass is 240 g/mol. The Morgan fingerprint density at radius 3 is 3.06 bits per heavy atom. The van der Waals surface area contributed by atoms with Crippen molar-refractivity contribution in [3.05, 3.63) is 11.6 Å². The number of fused-ring (bicyclic) bond motifs is 1. The van der Waals surface area contributed by atoms with E-state index in [9.17, 15) is 0 Å². The van der Waals surface area contributed by atoms with Crippen LogP contribution in [-0.2, 0) is 22.6 Å². The van der Waals surface area contributed by atoms with Crippen molar-refractivity contribution >= 4 is 0 Å². The largest absolute Gasteiger partial charge is 0.382 e. The highest BCUT2D eigenvalue weighted by Crippen LogP contribution is 2.19. The van der Waals surface area contributed by atoms with Crippen LogP contribution in [0.15, 0.2) is 0 Å². The number of methoxy groups -OCH3 is 1. The SMILES string of the molecule is CCC1NCCn2c(COCCOC)nnc21. The topological polar surface area (TPSA) is 61.2 Å². The summed E-state index contributed by atoms with van der Waals surface area (Å²) in [5.41, 5.74) is 0. The molecule has 1 N–H and O–H groups in total. The standard InChI is InChI=1S/C11H20N4O2/c1-3-9-11-14-13-10(8-17-7-6-16-2)15(11)5-4-12-9/h9,12H,3-8H2,1-2H3. The Kier molecular flexibility index (Phi) is 4.47. The van der Waals surface area contributed by atoms with Crippen LogP contribution in [0.5, 0.6) is 0 Å². The van der Waals surface area contributed by atoms with Crippen LogP contribution in [0.25, 0.3) is 0 Å². The van der Waals surface area contributed by atoms with Crippen molar-refractivity contribution in [3.8, 4) is 0 Å². The molecule has 2 heterocycles. The zero-order valence-corrected chi connectivity index (χ0v) is 10.5. The van der Waals surface area contributed by atoms with E-state index in [4.69, 9.17) is 9.47 Å². The van der Waals surface area contributed by atoms with Gasteiger partial charge in [0.25, 0.3) is 0 Å². The Morgan fingerprint density at radius 1 is 1.41 bits per heavy atom. The van der Waals surface area contributed by atoms with Gasteiger partial charge in [-0.3, -0.25) is 0 Å². The van der Waals surface area contributed by atoms with Gasteiger partial charge in [0.2, 0.25) is 0 Å². The molecule has 0 amide bonds. The number of hydrogen-bond donors (Lipinski definition) is 1. The second-order valence-electron chi connectivity index (χ2n) is 4.09. The maximum absolute atomic E-state index is 5.48. The first-order valence-corrected chi connectivity index (χ1v) is 6.08. The van der Waals surface area contributed by atoms with Gasteiger partial charge in [-0.1, -0.05) is 6.92 Å². The van der Waals surface area contributed by atoms with Gasteiger partial charge in [-0.15, -0.1) is 10.2 Å². The van der Waals surface area contributed by atoms with E-state index < -0.39 is 0 Å². The lowest BCUT2D eigenvalue weighted by atomic mass is 10.2. The van der Waals surface area contributed by atoms with Gasteiger partial charge in [-0.2, -0.15) is 0 Å². The minimum absolute atomic E-state index is 0.323. The molecule has 96 valence electrons. The van der Waals surface area contributed by atoms with E-state index in [1.54, 1.807) is 7.11 Å². The number of hydrogen-bond acceptors (Lipinski definition) is 5. The van der Waals surface area contributed by atoms with Crippen LogP contribution in [0.2, 0.25) is 0 Å². The van der Waals surface area contributed by atoms with Crippen LogP contribution < -0.4 is 5.32 Å². The zero-order chi connectivity index (χ0) is 12.1. The molecule has 6 nitrogen and oxygen atoms in total. The van der Waals surface area contributed by atoms with E-state index in [-0.39, 0.29) is 0 Å². The summed E-state index contributed by atoms with van der Waals surface area (Å²) in [6, 6.07) is 0.323. The molecule has 0 radical (unpaired) electrons. The van der Waals surface area contributed by atoms with Crippen LogP contribution in [0, 0.1) is 0 Å². The fourth-order valence-electron chi connectivity index (χ4n) is 2.03. The number of rotatable bonds is 6. The summed E-state index contributed by atoms with van der Waals surface area (Å²) >= 11 is 0. The van der Waals surface area contributed by atoms with E-state index in [0.29, 0.717) is 25.9 Å². The molecule has 0 saturated carbocycles. The van der Waals surface area contributed by atoms with Gasteiger partial charge in [0.15, 0.2) is 5.82 Å². The van der Waals surface area contributed by atoms with Crippen molar-refractivity contribution in [1.82, 2.24) is 20.1 Å². The number of ether oxygens (including phenoxy) is 2. The van der Waals surface area contributed by atoms with Gasteiger partial charge >= 0.3 is 0 Å². The number of aromatic nitrogens is 3. The third kappa shape index (κ3) is 2.83. The molecule has 1 aromatic heterocycles. The lowest BCUT2D eigenvalue weighted by Gasteiger charge is -2.23. The van der Waals surface area contributed by atoms with Crippen molar-refractivity contribution in [2.45, 2.75) is 32.5 Å². The Morgan fingerprint density at radius 2 is 2.29 bits per heavy atom. The molecule has 0 saturated heterocycles. The summed E-state index contributed by atoms with van der Waals surface area (Å²) in [4.78, 5) is 0. The van der Waals surface area contributed by atoms with E-state index in [1.807, 2.05) is 0 Å². The van der Waals surface area contributed by atoms with Gasteiger partial charge in [0, 0.05) is 20.2 Å². The second kappa shape index (κ2) is 6.09. The van der Waals surface area contributed by atoms with Crippen molar-refractivity contribution < 1.29 is 9.47 Å². The molecule has 1 unspecified atom stereocenters.